The van der Waals surface area contributed by atoms with Crippen molar-refractivity contribution in [2.45, 2.75) is 17.8 Å². The molecule has 14 rings (SSSR count). The summed E-state index contributed by atoms with van der Waals surface area (Å²) in [6, 6.07) is 98.1. The van der Waals surface area contributed by atoms with E-state index in [2.05, 4.69) is 268 Å². The van der Waals surface area contributed by atoms with E-state index in [1.165, 1.54) is 128 Å². The van der Waals surface area contributed by atoms with Crippen molar-refractivity contribution in [3.63, 3.8) is 0 Å². The minimum Gasteiger partial charge on any atom is -0.0622 e. The monoisotopic (exact) mass is 874 g/mol. The first-order valence-corrected chi connectivity index (χ1v) is 24.2. The summed E-state index contributed by atoms with van der Waals surface area (Å²) in [5.74, 6) is 0. The second kappa shape index (κ2) is 15.2. The summed E-state index contributed by atoms with van der Waals surface area (Å²) in [6.45, 7) is 2.33. The molecule has 0 heterocycles. The lowest BCUT2D eigenvalue weighted by molar-refractivity contribution is 0.764. The van der Waals surface area contributed by atoms with E-state index in [-0.39, 0.29) is 0 Å². The molecule has 0 bridgehead atoms. The van der Waals surface area contributed by atoms with E-state index in [4.69, 9.17) is 0 Å². The van der Waals surface area contributed by atoms with E-state index >= 15 is 0 Å². The molecule has 0 saturated carbocycles. The van der Waals surface area contributed by atoms with Crippen molar-refractivity contribution in [2.75, 3.05) is 0 Å². The van der Waals surface area contributed by atoms with Gasteiger partial charge in [-0.2, -0.15) is 0 Å². The molecule has 0 aliphatic heterocycles. The van der Waals surface area contributed by atoms with E-state index in [0.717, 1.165) is 0 Å². The predicted octanol–water partition coefficient (Wildman–Crippen LogP) is 17.4. The van der Waals surface area contributed by atoms with Crippen molar-refractivity contribution in [3.05, 3.63) is 311 Å². The Morgan fingerprint density at radius 2 is 0.565 bits per heavy atom. The van der Waals surface area contributed by atoms with Crippen LogP contribution in [0.15, 0.2) is 261 Å². The van der Waals surface area contributed by atoms with Crippen LogP contribution in [0.4, 0.5) is 0 Å². The number of hydrogen-bond acceptors (Lipinski definition) is 0. The minimum atomic E-state index is -0.665. The van der Waals surface area contributed by atoms with Crippen molar-refractivity contribution >= 4 is 0 Å². The zero-order valence-corrected chi connectivity index (χ0v) is 38.3. The fourth-order valence-corrected chi connectivity index (χ4v) is 12.9. The second-order valence-electron chi connectivity index (χ2n) is 19.1. The van der Waals surface area contributed by atoms with Crippen molar-refractivity contribution in [1.82, 2.24) is 0 Å². The lowest BCUT2D eigenvalue weighted by Crippen LogP contribution is -2.29. The summed E-state index contributed by atoms with van der Waals surface area (Å²) in [5, 5.41) is 0. The lowest BCUT2D eigenvalue weighted by atomic mass is 9.66. The van der Waals surface area contributed by atoms with Crippen molar-refractivity contribution < 1.29 is 0 Å². The Morgan fingerprint density at radius 1 is 0.217 bits per heavy atom. The van der Waals surface area contributed by atoms with Crippen LogP contribution in [0, 0.1) is 6.92 Å². The molecule has 0 aromatic heterocycles. The number of aryl methyl sites for hydroxylation is 1. The van der Waals surface area contributed by atoms with Crippen LogP contribution < -0.4 is 0 Å². The van der Waals surface area contributed by atoms with Gasteiger partial charge in [-0.3, -0.25) is 0 Å². The quantitative estimate of drug-likeness (QED) is 0.156. The molecule has 0 fully saturated rings. The van der Waals surface area contributed by atoms with E-state index < -0.39 is 10.8 Å². The fourth-order valence-electron chi connectivity index (χ4n) is 12.9. The molecule has 11 aromatic carbocycles. The van der Waals surface area contributed by atoms with Crippen molar-refractivity contribution in [2.24, 2.45) is 0 Å². The Bertz CT molecular complexity index is 3680. The van der Waals surface area contributed by atoms with E-state index in [1.807, 2.05) is 0 Å². The summed E-state index contributed by atoms with van der Waals surface area (Å²) in [7, 11) is 0. The molecule has 3 aliphatic rings. The summed E-state index contributed by atoms with van der Waals surface area (Å²) >= 11 is 0. The number of benzene rings is 11. The van der Waals surface area contributed by atoms with Gasteiger partial charge in [-0.15, -0.1) is 0 Å². The molecule has 0 saturated heterocycles. The third-order valence-electron chi connectivity index (χ3n) is 15.7. The molecule has 0 N–H and O–H groups in total. The fraction of sp³-hybridized carbons (Fsp3) is 0.0435. The number of rotatable bonds is 6. The first kappa shape index (κ1) is 39.6. The van der Waals surface area contributed by atoms with Crippen LogP contribution in [0.2, 0.25) is 0 Å². The minimum absolute atomic E-state index is 0.449. The molecule has 11 aromatic rings. The third-order valence-corrected chi connectivity index (χ3v) is 15.7. The van der Waals surface area contributed by atoms with Gasteiger partial charge in [0.1, 0.15) is 0 Å². The molecule has 1 spiro atoms. The number of fused-ring (bicyclic) bond motifs is 14. The highest BCUT2D eigenvalue weighted by Crippen LogP contribution is 2.68. The maximum atomic E-state index is 2.52. The number of hydrogen-bond donors (Lipinski definition) is 0. The standard InChI is InChI=1S/C69H46/c1-45-19-14-38-62-65(45)67-64(40-39-63-66(67)58-34-10-13-37-61(58)69(63)59-35-11-8-32-56(59)57-33-9-12-36-60(57)69)68(62,54-30-17-28-52(43-54)50-26-15-24-48(41-50)46-20-4-2-5-21-46)55-31-18-29-53(44-55)51-27-16-25-49(42-51)47-22-6-3-7-23-47/h2-44H,1H3. The highest BCUT2D eigenvalue weighted by Gasteiger charge is 2.55. The summed E-state index contributed by atoms with van der Waals surface area (Å²) in [4.78, 5) is 0. The van der Waals surface area contributed by atoms with Gasteiger partial charge in [0.2, 0.25) is 0 Å². The van der Waals surface area contributed by atoms with Gasteiger partial charge >= 0.3 is 0 Å². The largest absolute Gasteiger partial charge is 0.0725 e. The molecule has 0 radical (unpaired) electrons. The van der Waals surface area contributed by atoms with Gasteiger partial charge in [-0.05, 0) is 159 Å². The Hall–Kier alpha value is -8.58. The van der Waals surface area contributed by atoms with E-state index in [9.17, 15) is 0 Å². The van der Waals surface area contributed by atoms with Crippen LogP contribution >= 0.6 is 0 Å². The topological polar surface area (TPSA) is 0 Å². The van der Waals surface area contributed by atoms with Crippen LogP contribution in [0.5, 0.6) is 0 Å². The smallest absolute Gasteiger partial charge is 0.0622 e. The maximum Gasteiger partial charge on any atom is 0.0725 e. The van der Waals surface area contributed by atoms with Crippen molar-refractivity contribution in [1.29, 1.82) is 0 Å². The first-order valence-electron chi connectivity index (χ1n) is 24.2. The van der Waals surface area contributed by atoms with Gasteiger partial charge in [0.15, 0.2) is 0 Å². The Morgan fingerprint density at radius 3 is 1.09 bits per heavy atom. The molecule has 0 nitrogen and oxygen atoms in total. The van der Waals surface area contributed by atoms with Gasteiger partial charge in [-0.25, -0.2) is 0 Å². The van der Waals surface area contributed by atoms with Crippen LogP contribution in [0.3, 0.4) is 0 Å². The molecule has 322 valence electrons. The summed E-state index contributed by atoms with van der Waals surface area (Å²) in [5.41, 5.74) is 28.4. The highest BCUT2D eigenvalue weighted by molar-refractivity contribution is 6.05. The van der Waals surface area contributed by atoms with Gasteiger partial charge in [0.05, 0.1) is 10.8 Å². The van der Waals surface area contributed by atoms with Crippen molar-refractivity contribution in [3.8, 4) is 77.9 Å². The lowest BCUT2D eigenvalue weighted by Gasteiger charge is -2.35. The van der Waals surface area contributed by atoms with Gasteiger partial charge in [-0.1, -0.05) is 237 Å². The Kier molecular flexibility index (Phi) is 8.73. The molecule has 0 heteroatoms. The van der Waals surface area contributed by atoms with Crippen LogP contribution in [0.1, 0.15) is 50.1 Å². The maximum absolute atomic E-state index is 2.52. The molecule has 0 atom stereocenters. The molecular weight excluding hydrogens is 829 g/mol. The van der Waals surface area contributed by atoms with Gasteiger partial charge in [0.25, 0.3) is 0 Å². The molecule has 0 amide bonds. The van der Waals surface area contributed by atoms with E-state index in [1.54, 1.807) is 0 Å². The third kappa shape index (κ3) is 5.58. The zero-order valence-electron chi connectivity index (χ0n) is 38.3. The SMILES string of the molecule is Cc1cccc2c1-c1c(ccc3c1-c1ccccc1C31c3ccccc3-c3ccccc31)C2(c1cccc(-c2cccc(-c3ccccc3)c2)c1)c1cccc(-c2cccc(-c3ccccc3)c2)c1. The molecule has 69 heavy (non-hydrogen) atoms. The normalized spacial score (nSPS) is 13.8. The van der Waals surface area contributed by atoms with Gasteiger partial charge in [0, 0.05) is 0 Å². The highest BCUT2D eigenvalue weighted by atomic mass is 14.6. The molecule has 0 unspecified atom stereocenters. The van der Waals surface area contributed by atoms with Gasteiger partial charge < -0.3 is 0 Å². The van der Waals surface area contributed by atoms with Crippen LogP contribution in [-0.2, 0) is 10.8 Å². The predicted molar refractivity (Wildman–Crippen MR) is 287 cm³/mol. The second-order valence-corrected chi connectivity index (χ2v) is 19.1. The Balaban J connectivity index is 1.07. The molecule has 3 aliphatic carbocycles. The van der Waals surface area contributed by atoms with E-state index in [0.29, 0.717) is 0 Å². The van der Waals surface area contributed by atoms with Crippen LogP contribution in [0.25, 0.3) is 77.9 Å². The first-order chi connectivity index (χ1) is 34.1. The summed E-state index contributed by atoms with van der Waals surface area (Å²) < 4.78 is 0. The molecular formula is C69H46. The summed E-state index contributed by atoms with van der Waals surface area (Å²) in [6.07, 6.45) is 0. The average Bonchev–Trinajstić information content (AvgIpc) is 4.02. The van der Waals surface area contributed by atoms with Crippen LogP contribution in [-0.4, -0.2) is 0 Å². The average molecular weight is 875 g/mol. The zero-order chi connectivity index (χ0) is 45.7. The Labute approximate surface area is 404 Å².